The van der Waals surface area contributed by atoms with E-state index in [-0.39, 0.29) is 30.8 Å². The summed E-state index contributed by atoms with van der Waals surface area (Å²) in [6.07, 6.45) is 0.964. The number of hydrogen-bond acceptors (Lipinski definition) is 5. The highest BCUT2D eigenvalue weighted by Gasteiger charge is 2.48. The Bertz CT molecular complexity index is 928. The van der Waals surface area contributed by atoms with E-state index in [0.29, 0.717) is 16.5 Å². The van der Waals surface area contributed by atoms with Crippen LogP contribution in [-0.4, -0.2) is 54.2 Å². The first-order chi connectivity index (χ1) is 13.6. The predicted octanol–water partition coefficient (Wildman–Crippen LogP) is 1.49. The molecule has 0 bridgehead atoms. The van der Waals surface area contributed by atoms with Gasteiger partial charge in [0.15, 0.2) is 0 Å². The zero-order valence-electron chi connectivity index (χ0n) is 16.1. The van der Waals surface area contributed by atoms with Crippen LogP contribution in [0.1, 0.15) is 33.1 Å². The van der Waals surface area contributed by atoms with E-state index in [9.17, 15) is 22.8 Å². The molecule has 1 atom stereocenters. The Morgan fingerprint density at radius 2 is 1.83 bits per heavy atom. The molecule has 1 aromatic rings. The number of urea groups is 1. The third-order valence-electron chi connectivity index (χ3n) is 5.47. The second-order valence-electron chi connectivity index (χ2n) is 7.36. The van der Waals surface area contributed by atoms with Gasteiger partial charge in [-0.05, 0) is 50.5 Å². The van der Waals surface area contributed by atoms with Crippen molar-refractivity contribution in [1.29, 1.82) is 0 Å². The first kappa shape index (κ1) is 21.5. The molecule has 0 aliphatic carbocycles. The third-order valence-corrected chi connectivity index (χ3v) is 7.63. The highest BCUT2D eigenvalue weighted by molar-refractivity contribution is 7.89. The van der Waals surface area contributed by atoms with E-state index in [1.54, 1.807) is 13.8 Å². The molecule has 2 aliphatic rings. The van der Waals surface area contributed by atoms with Crippen molar-refractivity contribution < 1.29 is 22.8 Å². The molecule has 11 heteroatoms. The van der Waals surface area contributed by atoms with Crippen LogP contribution < -0.4 is 10.7 Å². The Balaban J connectivity index is 1.61. The monoisotopic (exact) mass is 442 g/mol. The number of sulfonamides is 1. The molecule has 158 valence electrons. The Kier molecular flexibility index (Phi) is 5.88. The fraction of sp³-hybridized carbons (Fsp3) is 0.500. The molecular weight excluding hydrogens is 420 g/mol. The number of halogens is 1. The predicted molar refractivity (Wildman–Crippen MR) is 105 cm³/mol. The van der Waals surface area contributed by atoms with Crippen LogP contribution in [0.15, 0.2) is 29.2 Å². The van der Waals surface area contributed by atoms with Gasteiger partial charge < -0.3 is 5.32 Å². The maximum atomic E-state index is 12.7. The van der Waals surface area contributed by atoms with Crippen LogP contribution in [0.25, 0.3) is 0 Å². The number of hydrogen-bond donors (Lipinski definition) is 2. The molecular formula is C18H23ClN4O5S. The van der Waals surface area contributed by atoms with Crippen LogP contribution in [0.5, 0.6) is 0 Å². The highest BCUT2D eigenvalue weighted by Crippen LogP contribution is 2.25. The Hall–Kier alpha value is -2.17. The number of rotatable bonds is 5. The summed E-state index contributed by atoms with van der Waals surface area (Å²) in [4.78, 5) is 37.1. The fourth-order valence-corrected chi connectivity index (χ4v) is 4.94. The number of benzene rings is 1. The molecule has 2 N–H and O–H groups in total. The normalized spacial score (nSPS) is 23.9. The number of amides is 4. The molecule has 29 heavy (non-hydrogen) atoms. The second-order valence-corrected chi connectivity index (χ2v) is 9.74. The van der Waals surface area contributed by atoms with E-state index in [0.717, 1.165) is 0 Å². The van der Waals surface area contributed by atoms with Crippen molar-refractivity contribution in [3.8, 4) is 0 Å². The standard InChI is InChI=1S/C18H23ClN4O5S/c1-3-18(2)16(25)23(17(26)20-18)21-15(24)12-8-10-22(11-9-12)29(27,28)14-6-4-13(19)5-7-14/h4-7,12H,3,8-11H2,1-2H3,(H,20,26)(H,21,24)/t18-/m1/s1. The lowest BCUT2D eigenvalue weighted by atomic mass is 9.97. The number of nitrogens with zero attached hydrogens (tertiary/aromatic N) is 2. The Morgan fingerprint density at radius 3 is 2.34 bits per heavy atom. The van der Waals surface area contributed by atoms with Gasteiger partial charge in [0.05, 0.1) is 4.90 Å². The van der Waals surface area contributed by atoms with Gasteiger partial charge >= 0.3 is 6.03 Å². The van der Waals surface area contributed by atoms with Gasteiger partial charge in [-0.15, -0.1) is 0 Å². The van der Waals surface area contributed by atoms with Crippen LogP contribution in [0.2, 0.25) is 5.02 Å². The SMILES string of the molecule is CC[C@@]1(C)NC(=O)N(NC(=O)C2CCN(S(=O)(=O)c3ccc(Cl)cc3)CC2)C1=O. The van der Waals surface area contributed by atoms with Crippen LogP contribution in [-0.2, 0) is 19.6 Å². The average molecular weight is 443 g/mol. The lowest BCUT2D eigenvalue weighted by molar-refractivity contribution is -0.140. The molecule has 0 radical (unpaired) electrons. The first-order valence-corrected chi connectivity index (χ1v) is 11.1. The fourth-order valence-electron chi connectivity index (χ4n) is 3.34. The molecule has 0 aromatic heterocycles. The number of carbonyl (C=O) groups excluding carboxylic acids is 3. The summed E-state index contributed by atoms with van der Waals surface area (Å²) in [5, 5.41) is 3.72. The number of nitrogens with one attached hydrogen (secondary N) is 2. The number of hydrazine groups is 1. The van der Waals surface area contributed by atoms with Crippen molar-refractivity contribution in [3.63, 3.8) is 0 Å². The zero-order valence-corrected chi connectivity index (χ0v) is 17.7. The maximum Gasteiger partial charge on any atom is 0.344 e. The van der Waals surface area contributed by atoms with Gasteiger partial charge in [0.25, 0.3) is 5.91 Å². The summed E-state index contributed by atoms with van der Waals surface area (Å²) in [5.74, 6) is -1.49. The Labute approximate surface area is 174 Å². The molecule has 2 fully saturated rings. The summed E-state index contributed by atoms with van der Waals surface area (Å²) < 4.78 is 26.8. The minimum atomic E-state index is -3.67. The molecule has 0 spiro atoms. The van der Waals surface area contributed by atoms with E-state index in [1.807, 2.05) is 0 Å². The number of piperidine rings is 1. The second kappa shape index (κ2) is 7.92. The van der Waals surface area contributed by atoms with Crippen molar-refractivity contribution in [2.45, 2.75) is 43.5 Å². The first-order valence-electron chi connectivity index (χ1n) is 9.31. The lowest BCUT2D eigenvalue weighted by Crippen LogP contribution is -2.51. The van der Waals surface area contributed by atoms with E-state index < -0.39 is 39.3 Å². The van der Waals surface area contributed by atoms with E-state index in [2.05, 4.69) is 10.7 Å². The third kappa shape index (κ3) is 4.10. The van der Waals surface area contributed by atoms with Crippen molar-refractivity contribution in [2.24, 2.45) is 5.92 Å². The van der Waals surface area contributed by atoms with Gasteiger partial charge in [0, 0.05) is 24.0 Å². The quantitative estimate of drug-likeness (QED) is 0.670. The molecule has 2 heterocycles. The molecule has 3 rings (SSSR count). The van der Waals surface area contributed by atoms with Gasteiger partial charge in [-0.25, -0.2) is 13.2 Å². The van der Waals surface area contributed by atoms with Gasteiger partial charge in [-0.1, -0.05) is 18.5 Å². The van der Waals surface area contributed by atoms with Gasteiger partial charge in [-0.3, -0.25) is 15.0 Å². The van der Waals surface area contributed by atoms with Gasteiger partial charge in [0.2, 0.25) is 15.9 Å². The zero-order chi connectivity index (χ0) is 21.4. The summed E-state index contributed by atoms with van der Waals surface area (Å²) in [6, 6.07) is 5.24. The summed E-state index contributed by atoms with van der Waals surface area (Å²) >= 11 is 5.81. The summed E-state index contributed by atoms with van der Waals surface area (Å²) in [6.45, 7) is 3.69. The molecule has 1 aromatic carbocycles. The Morgan fingerprint density at radius 1 is 1.24 bits per heavy atom. The molecule has 4 amide bonds. The van der Waals surface area contributed by atoms with Crippen LogP contribution in [0.3, 0.4) is 0 Å². The summed E-state index contributed by atoms with van der Waals surface area (Å²) in [5.41, 5.74) is 1.34. The number of carbonyl (C=O) groups is 3. The van der Waals surface area contributed by atoms with Crippen LogP contribution in [0, 0.1) is 5.92 Å². The molecule has 0 unspecified atom stereocenters. The van der Waals surface area contributed by atoms with Crippen LogP contribution >= 0.6 is 11.6 Å². The van der Waals surface area contributed by atoms with Gasteiger partial charge in [0.1, 0.15) is 5.54 Å². The van der Waals surface area contributed by atoms with Crippen LogP contribution in [0.4, 0.5) is 4.79 Å². The van der Waals surface area contributed by atoms with Crippen molar-refractivity contribution in [3.05, 3.63) is 29.3 Å². The smallest absolute Gasteiger partial charge is 0.322 e. The van der Waals surface area contributed by atoms with E-state index in [1.165, 1.54) is 28.6 Å². The highest BCUT2D eigenvalue weighted by atomic mass is 35.5. The molecule has 0 saturated carbocycles. The van der Waals surface area contributed by atoms with Crippen molar-refractivity contribution in [2.75, 3.05) is 13.1 Å². The van der Waals surface area contributed by atoms with E-state index >= 15 is 0 Å². The minimum Gasteiger partial charge on any atom is -0.322 e. The van der Waals surface area contributed by atoms with Crippen molar-refractivity contribution >= 4 is 39.5 Å². The molecule has 2 saturated heterocycles. The average Bonchev–Trinajstić information content (AvgIpc) is 2.92. The molecule has 9 nitrogen and oxygen atoms in total. The molecule has 2 aliphatic heterocycles. The maximum absolute atomic E-state index is 12.7. The number of imide groups is 1. The lowest BCUT2D eigenvalue weighted by Gasteiger charge is -2.31. The summed E-state index contributed by atoms with van der Waals surface area (Å²) in [7, 11) is -3.67. The van der Waals surface area contributed by atoms with Crippen molar-refractivity contribution in [1.82, 2.24) is 20.1 Å². The topological polar surface area (TPSA) is 116 Å². The minimum absolute atomic E-state index is 0.142. The van der Waals surface area contributed by atoms with Gasteiger partial charge in [-0.2, -0.15) is 9.31 Å². The largest absolute Gasteiger partial charge is 0.344 e. The van der Waals surface area contributed by atoms with E-state index in [4.69, 9.17) is 11.6 Å².